The molecule has 0 atom stereocenters. The van der Waals surface area contributed by atoms with Crippen molar-refractivity contribution in [3.05, 3.63) is 12.7 Å². The van der Waals surface area contributed by atoms with Gasteiger partial charge in [0.15, 0.2) is 0 Å². The van der Waals surface area contributed by atoms with E-state index in [1.807, 2.05) is 0 Å². The molecule has 0 aliphatic carbocycles. The van der Waals surface area contributed by atoms with Crippen molar-refractivity contribution in [1.82, 2.24) is 19.8 Å². The molecule has 1 saturated heterocycles. The van der Waals surface area contributed by atoms with E-state index in [4.69, 9.17) is 0 Å². The summed E-state index contributed by atoms with van der Waals surface area (Å²) in [6.07, 6.45) is 4.56. The molecule has 0 unspecified atom stereocenters. The molecule has 80 valence electrons. The number of nitrogens with zero attached hydrogens (tertiary/aromatic N) is 4. The first kappa shape index (κ1) is 9.63. The van der Waals surface area contributed by atoms with Crippen LogP contribution < -0.4 is 5.43 Å². The second-order valence-corrected chi connectivity index (χ2v) is 3.31. The summed E-state index contributed by atoms with van der Waals surface area (Å²) in [5, 5.41) is 7.01. The maximum Gasteiger partial charge on any atom is 0.328 e. The zero-order chi connectivity index (χ0) is 10.7. The highest BCUT2D eigenvalue weighted by molar-refractivity contribution is 6.38. The van der Waals surface area contributed by atoms with Gasteiger partial charge in [0, 0.05) is 13.1 Å². The highest BCUT2D eigenvalue weighted by Crippen LogP contribution is 2.07. The first-order valence-corrected chi connectivity index (χ1v) is 4.72. The second-order valence-electron chi connectivity index (χ2n) is 3.31. The molecule has 1 fully saturated rings. The number of rotatable bonds is 1. The normalized spacial score (nSPS) is 15.3. The highest BCUT2D eigenvalue weighted by Gasteiger charge is 2.24. The van der Waals surface area contributed by atoms with E-state index in [0.29, 0.717) is 13.1 Å². The minimum atomic E-state index is -0.656. The van der Waals surface area contributed by atoms with Crippen LogP contribution in [-0.2, 0) is 9.59 Å². The molecule has 15 heavy (non-hydrogen) atoms. The van der Waals surface area contributed by atoms with E-state index in [1.54, 1.807) is 4.90 Å². The lowest BCUT2D eigenvalue weighted by molar-refractivity contribution is -0.142. The molecule has 0 bridgehead atoms. The van der Waals surface area contributed by atoms with Gasteiger partial charge < -0.3 is 4.90 Å². The lowest BCUT2D eigenvalue weighted by atomic mass is 10.4. The van der Waals surface area contributed by atoms with Crippen molar-refractivity contribution in [3.63, 3.8) is 0 Å². The maximum absolute atomic E-state index is 11.5. The molecule has 0 aromatic carbocycles. The highest BCUT2D eigenvalue weighted by atomic mass is 16.2. The molecule has 1 aliphatic rings. The Balaban J connectivity index is 1.93. The summed E-state index contributed by atoms with van der Waals surface area (Å²) in [4.78, 5) is 24.5. The topological polar surface area (TPSA) is 80.1 Å². The SMILES string of the molecule is O=C(Nn1cnnc1)C(=O)N1CCCC1. The van der Waals surface area contributed by atoms with Gasteiger partial charge in [-0.15, -0.1) is 10.2 Å². The van der Waals surface area contributed by atoms with Crippen molar-refractivity contribution >= 4 is 11.8 Å². The molecule has 1 aliphatic heterocycles. The summed E-state index contributed by atoms with van der Waals surface area (Å²) in [5.41, 5.74) is 2.36. The van der Waals surface area contributed by atoms with E-state index in [2.05, 4.69) is 15.6 Å². The average molecular weight is 209 g/mol. The zero-order valence-corrected chi connectivity index (χ0v) is 8.09. The van der Waals surface area contributed by atoms with Crippen molar-refractivity contribution < 1.29 is 9.59 Å². The van der Waals surface area contributed by atoms with Gasteiger partial charge in [0.05, 0.1) is 0 Å². The third-order valence-electron chi connectivity index (χ3n) is 2.24. The van der Waals surface area contributed by atoms with Gasteiger partial charge in [0.25, 0.3) is 0 Å². The van der Waals surface area contributed by atoms with Crippen molar-refractivity contribution in [3.8, 4) is 0 Å². The number of hydrogen-bond donors (Lipinski definition) is 1. The predicted molar refractivity (Wildman–Crippen MR) is 50.2 cm³/mol. The molecule has 0 radical (unpaired) electrons. The number of likely N-dealkylation sites (tertiary alicyclic amines) is 1. The van der Waals surface area contributed by atoms with E-state index in [9.17, 15) is 9.59 Å². The molecule has 7 nitrogen and oxygen atoms in total. The summed E-state index contributed by atoms with van der Waals surface area (Å²) in [5.74, 6) is -1.15. The Bertz CT molecular complexity index is 355. The Labute approximate surface area is 86.0 Å². The zero-order valence-electron chi connectivity index (χ0n) is 8.09. The van der Waals surface area contributed by atoms with Gasteiger partial charge in [0.1, 0.15) is 12.7 Å². The monoisotopic (exact) mass is 209 g/mol. The Morgan fingerprint density at radius 2 is 1.73 bits per heavy atom. The summed E-state index contributed by atoms with van der Waals surface area (Å²) >= 11 is 0. The number of nitrogens with one attached hydrogen (secondary N) is 1. The van der Waals surface area contributed by atoms with Crippen LogP contribution in [0.15, 0.2) is 12.7 Å². The summed E-state index contributed by atoms with van der Waals surface area (Å²) in [6, 6.07) is 0. The molecule has 2 rings (SSSR count). The Hall–Kier alpha value is -1.92. The molecule has 7 heteroatoms. The quantitative estimate of drug-likeness (QED) is 0.600. The molecular formula is C8H11N5O2. The second kappa shape index (κ2) is 4.07. The average Bonchev–Trinajstić information content (AvgIpc) is 2.88. The third kappa shape index (κ3) is 2.12. The molecule has 0 saturated carbocycles. The van der Waals surface area contributed by atoms with E-state index in [1.165, 1.54) is 17.3 Å². The first-order valence-electron chi connectivity index (χ1n) is 4.72. The van der Waals surface area contributed by atoms with Gasteiger partial charge in [-0.2, -0.15) is 0 Å². The van der Waals surface area contributed by atoms with E-state index < -0.39 is 11.8 Å². The van der Waals surface area contributed by atoms with Crippen LogP contribution in [0.3, 0.4) is 0 Å². The van der Waals surface area contributed by atoms with Crippen LogP contribution >= 0.6 is 0 Å². The molecule has 1 N–H and O–H groups in total. The van der Waals surface area contributed by atoms with Crippen LogP contribution in [0, 0.1) is 0 Å². The van der Waals surface area contributed by atoms with Gasteiger partial charge in [-0.25, -0.2) is 4.68 Å². The Kier molecular flexibility index (Phi) is 2.61. The van der Waals surface area contributed by atoms with Crippen molar-refractivity contribution in [1.29, 1.82) is 0 Å². The largest absolute Gasteiger partial charge is 0.334 e. The van der Waals surface area contributed by atoms with Crippen molar-refractivity contribution in [2.75, 3.05) is 18.5 Å². The number of aromatic nitrogens is 3. The maximum atomic E-state index is 11.5. The van der Waals surface area contributed by atoms with Gasteiger partial charge in [0.2, 0.25) is 0 Å². The van der Waals surface area contributed by atoms with Gasteiger partial charge in [-0.1, -0.05) is 0 Å². The lowest BCUT2D eigenvalue weighted by Crippen LogP contribution is -2.40. The smallest absolute Gasteiger partial charge is 0.328 e. The minimum absolute atomic E-state index is 0.499. The van der Waals surface area contributed by atoms with Crippen LogP contribution in [-0.4, -0.2) is 44.7 Å². The molecule has 0 spiro atoms. The number of carbonyl (C=O) groups is 2. The van der Waals surface area contributed by atoms with E-state index in [-0.39, 0.29) is 0 Å². The van der Waals surface area contributed by atoms with E-state index in [0.717, 1.165) is 12.8 Å². The summed E-state index contributed by atoms with van der Waals surface area (Å²) < 4.78 is 1.25. The fourth-order valence-electron chi connectivity index (χ4n) is 1.49. The molecule has 2 heterocycles. The van der Waals surface area contributed by atoms with E-state index >= 15 is 0 Å². The van der Waals surface area contributed by atoms with Crippen LogP contribution in [0.5, 0.6) is 0 Å². The van der Waals surface area contributed by atoms with Crippen LogP contribution in [0.2, 0.25) is 0 Å². The van der Waals surface area contributed by atoms with Crippen LogP contribution in [0.4, 0.5) is 0 Å². The number of amides is 2. The summed E-state index contributed by atoms with van der Waals surface area (Å²) in [7, 11) is 0. The van der Waals surface area contributed by atoms with Gasteiger partial charge in [-0.05, 0) is 12.8 Å². The van der Waals surface area contributed by atoms with Gasteiger partial charge >= 0.3 is 11.8 Å². The summed E-state index contributed by atoms with van der Waals surface area (Å²) in [6.45, 7) is 1.32. The molecule has 1 aromatic rings. The molecule has 2 amide bonds. The lowest BCUT2D eigenvalue weighted by Gasteiger charge is -2.14. The van der Waals surface area contributed by atoms with Crippen LogP contribution in [0.25, 0.3) is 0 Å². The molecule has 1 aromatic heterocycles. The van der Waals surface area contributed by atoms with Gasteiger partial charge in [-0.3, -0.25) is 15.0 Å². The molecular weight excluding hydrogens is 198 g/mol. The standard InChI is InChI=1S/C8H11N5O2/c14-7(11-13-5-9-10-6-13)8(15)12-3-1-2-4-12/h5-6H,1-4H2,(H,11,14). The van der Waals surface area contributed by atoms with Crippen molar-refractivity contribution in [2.45, 2.75) is 12.8 Å². The minimum Gasteiger partial charge on any atom is -0.334 e. The van der Waals surface area contributed by atoms with Crippen molar-refractivity contribution in [2.24, 2.45) is 0 Å². The number of carbonyl (C=O) groups excluding carboxylic acids is 2. The first-order chi connectivity index (χ1) is 7.27. The fraction of sp³-hybridized carbons (Fsp3) is 0.500. The third-order valence-corrected chi connectivity index (χ3v) is 2.24. The van der Waals surface area contributed by atoms with Crippen LogP contribution in [0.1, 0.15) is 12.8 Å². The predicted octanol–water partition coefficient (Wildman–Crippen LogP) is -1.03. The fourth-order valence-corrected chi connectivity index (χ4v) is 1.49. The Morgan fingerprint density at radius 3 is 2.33 bits per heavy atom. The number of hydrogen-bond acceptors (Lipinski definition) is 4. The Morgan fingerprint density at radius 1 is 1.13 bits per heavy atom.